The lowest BCUT2D eigenvalue weighted by atomic mass is 9.86. The van der Waals surface area contributed by atoms with Crippen LogP contribution in [0.2, 0.25) is 0 Å². The molecule has 2 aromatic heterocycles. The maximum absolute atomic E-state index is 13.4. The average molecular weight is 371 g/mol. The smallest absolute Gasteiger partial charge is 0.271 e. The molecule has 0 saturated heterocycles. The highest BCUT2D eigenvalue weighted by atomic mass is 16.3. The van der Waals surface area contributed by atoms with Crippen molar-refractivity contribution < 1.29 is 14.0 Å². The quantitative estimate of drug-likeness (QED) is 0.894. The zero-order valence-corrected chi connectivity index (χ0v) is 16.5. The van der Waals surface area contributed by atoms with Crippen LogP contribution in [0.25, 0.3) is 11.1 Å². The Hall–Kier alpha value is -2.24. The van der Waals surface area contributed by atoms with Crippen LogP contribution in [0.15, 0.2) is 22.8 Å². The number of hydrogen-bond acceptors (Lipinski definition) is 3. The third kappa shape index (κ3) is 2.95. The number of carbonyl (C=O) groups excluding carboxylic acids is 2. The predicted molar refractivity (Wildman–Crippen MR) is 103 cm³/mol. The largest absolute Gasteiger partial charge is 0.463 e. The van der Waals surface area contributed by atoms with Crippen LogP contribution in [0.4, 0.5) is 0 Å². The summed E-state index contributed by atoms with van der Waals surface area (Å²) >= 11 is 0. The van der Waals surface area contributed by atoms with Crippen molar-refractivity contribution in [1.29, 1.82) is 0 Å². The van der Waals surface area contributed by atoms with E-state index in [2.05, 4.69) is 12.2 Å². The van der Waals surface area contributed by atoms with Gasteiger partial charge in [-0.05, 0) is 44.9 Å². The molecule has 6 heteroatoms. The Labute approximate surface area is 159 Å². The highest BCUT2D eigenvalue weighted by Crippen LogP contribution is 2.33. The summed E-state index contributed by atoms with van der Waals surface area (Å²) in [6.07, 6.45) is 6.78. The van der Waals surface area contributed by atoms with Gasteiger partial charge in [0.2, 0.25) is 5.91 Å². The number of nitrogens with one attached hydrogen (secondary N) is 1. The minimum atomic E-state index is -0.896. The second kappa shape index (κ2) is 6.73. The monoisotopic (exact) mass is 371 g/mol. The highest BCUT2D eigenvalue weighted by Gasteiger charge is 2.48. The second-order valence-electron chi connectivity index (χ2n) is 8.45. The van der Waals surface area contributed by atoms with Gasteiger partial charge in [0.05, 0.1) is 18.3 Å². The summed E-state index contributed by atoms with van der Waals surface area (Å²) in [5.74, 6) is 0.600. The van der Waals surface area contributed by atoms with Gasteiger partial charge < -0.3 is 19.2 Å². The van der Waals surface area contributed by atoms with Crippen LogP contribution in [0.1, 0.15) is 63.4 Å². The molecule has 27 heavy (non-hydrogen) atoms. The topological polar surface area (TPSA) is 67.5 Å². The molecular formula is C21H29N3O3. The normalized spacial score (nSPS) is 28.4. The van der Waals surface area contributed by atoms with Crippen LogP contribution >= 0.6 is 0 Å². The molecule has 2 aliphatic rings. The fraction of sp³-hybridized carbons (Fsp3) is 0.619. The van der Waals surface area contributed by atoms with E-state index >= 15 is 0 Å². The lowest BCUT2D eigenvalue weighted by Gasteiger charge is -2.44. The van der Waals surface area contributed by atoms with Gasteiger partial charge in [0.1, 0.15) is 11.2 Å². The van der Waals surface area contributed by atoms with Gasteiger partial charge in [-0.1, -0.05) is 13.8 Å². The molecule has 1 aliphatic carbocycles. The molecule has 1 atom stereocenters. The molecule has 1 saturated carbocycles. The summed E-state index contributed by atoms with van der Waals surface area (Å²) < 4.78 is 7.42. The van der Waals surface area contributed by atoms with E-state index in [1.807, 2.05) is 24.5 Å². The van der Waals surface area contributed by atoms with Crippen molar-refractivity contribution in [2.24, 2.45) is 5.92 Å². The number of hydrogen-bond donors (Lipinski definition) is 1. The first-order valence-corrected chi connectivity index (χ1v) is 10.1. The molecule has 2 amide bonds. The van der Waals surface area contributed by atoms with Gasteiger partial charge in [0.25, 0.3) is 5.91 Å². The minimum Gasteiger partial charge on any atom is -0.463 e. The van der Waals surface area contributed by atoms with Gasteiger partial charge in [-0.25, -0.2) is 0 Å². The molecule has 0 radical (unpaired) electrons. The van der Waals surface area contributed by atoms with E-state index < -0.39 is 5.54 Å². The van der Waals surface area contributed by atoms with Gasteiger partial charge in [0, 0.05) is 24.7 Å². The predicted octanol–water partition coefficient (Wildman–Crippen LogP) is 3.55. The molecule has 3 heterocycles. The maximum Gasteiger partial charge on any atom is 0.271 e. The van der Waals surface area contributed by atoms with Crippen molar-refractivity contribution in [1.82, 2.24) is 14.8 Å². The summed E-state index contributed by atoms with van der Waals surface area (Å²) in [6.45, 7) is 7.22. The molecular weight excluding hydrogens is 342 g/mol. The summed E-state index contributed by atoms with van der Waals surface area (Å²) in [5, 5.41) is 3.25. The van der Waals surface area contributed by atoms with E-state index in [-0.39, 0.29) is 17.9 Å². The number of aromatic nitrogens is 1. The molecule has 0 bridgehead atoms. The number of furan rings is 1. The molecule has 0 spiro atoms. The van der Waals surface area contributed by atoms with Gasteiger partial charge in [-0.3, -0.25) is 9.59 Å². The summed E-state index contributed by atoms with van der Waals surface area (Å²) in [7, 11) is 0. The van der Waals surface area contributed by atoms with Crippen LogP contribution in [-0.2, 0) is 11.3 Å². The Morgan fingerprint density at radius 1 is 1.33 bits per heavy atom. The molecule has 2 aromatic rings. The lowest BCUT2D eigenvalue weighted by Crippen LogP contribution is -2.65. The number of amides is 2. The van der Waals surface area contributed by atoms with Crippen molar-refractivity contribution >= 4 is 22.9 Å². The van der Waals surface area contributed by atoms with Gasteiger partial charge in [-0.15, -0.1) is 0 Å². The van der Waals surface area contributed by atoms with Gasteiger partial charge >= 0.3 is 0 Å². The van der Waals surface area contributed by atoms with Crippen molar-refractivity contribution in [3.63, 3.8) is 0 Å². The fourth-order valence-corrected chi connectivity index (χ4v) is 4.59. The number of fused-ring (bicyclic) bond motifs is 3. The molecule has 1 fully saturated rings. The molecule has 4 rings (SSSR count). The van der Waals surface area contributed by atoms with E-state index in [0.29, 0.717) is 24.4 Å². The SMILES string of the molecule is CCCN1C(=O)c2cc3occc3n2CC1(C)C(=O)NC1CCC(C)CC1. The van der Waals surface area contributed by atoms with E-state index in [9.17, 15) is 9.59 Å². The van der Waals surface area contributed by atoms with E-state index in [1.165, 1.54) is 0 Å². The van der Waals surface area contributed by atoms with Crippen molar-refractivity contribution in [2.45, 2.75) is 71.0 Å². The third-order valence-electron chi connectivity index (χ3n) is 6.34. The van der Waals surface area contributed by atoms with Crippen LogP contribution in [0.3, 0.4) is 0 Å². The van der Waals surface area contributed by atoms with Crippen LogP contribution in [0.5, 0.6) is 0 Å². The molecule has 1 unspecified atom stereocenters. The number of carbonyl (C=O) groups is 2. The summed E-state index contributed by atoms with van der Waals surface area (Å²) in [5.41, 5.74) is 1.28. The second-order valence-corrected chi connectivity index (χ2v) is 8.45. The lowest BCUT2D eigenvalue weighted by molar-refractivity contribution is -0.133. The van der Waals surface area contributed by atoms with Gasteiger partial charge in [-0.2, -0.15) is 0 Å². The molecule has 146 valence electrons. The Morgan fingerprint density at radius 3 is 2.78 bits per heavy atom. The molecule has 1 N–H and O–H groups in total. The number of rotatable bonds is 4. The molecule has 0 aromatic carbocycles. The average Bonchev–Trinajstić information content (AvgIpc) is 3.23. The van der Waals surface area contributed by atoms with Crippen LogP contribution in [-0.4, -0.2) is 39.4 Å². The highest BCUT2D eigenvalue weighted by molar-refractivity contribution is 6.02. The van der Waals surface area contributed by atoms with Gasteiger partial charge in [0.15, 0.2) is 5.58 Å². The van der Waals surface area contributed by atoms with E-state index in [4.69, 9.17) is 4.42 Å². The van der Waals surface area contributed by atoms with Crippen LogP contribution in [0, 0.1) is 5.92 Å². The first kappa shape index (κ1) is 18.1. The number of nitrogens with zero attached hydrogens (tertiary/aromatic N) is 2. The Kier molecular flexibility index (Phi) is 4.52. The first-order chi connectivity index (χ1) is 12.9. The van der Waals surface area contributed by atoms with E-state index in [0.717, 1.165) is 43.5 Å². The maximum atomic E-state index is 13.4. The Balaban J connectivity index is 1.65. The zero-order chi connectivity index (χ0) is 19.2. The van der Waals surface area contributed by atoms with Crippen molar-refractivity contribution in [3.8, 4) is 0 Å². The van der Waals surface area contributed by atoms with Crippen molar-refractivity contribution in [3.05, 3.63) is 24.1 Å². The summed E-state index contributed by atoms with van der Waals surface area (Å²) in [6, 6.07) is 3.87. The minimum absolute atomic E-state index is 0.0418. The Bertz CT molecular complexity index is 859. The first-order valence-electron chi connectivity index (χ1n) is 10.1. The van der Waals surface area contributed by atoms with E-state index in [1.54, 1.807) is 17.2 Å². The standard InChI is InChI=1S/C21H29N3O3/c1-4-10-24-19(25)17-12-18-16(9-11-27-18)23(17)13-21(24,3)20(26)22-15-7-5-14(2)6-8-15/h9,11-12,14-15H,4-8,10,13H2,1-3H3,(H,22,26). The van der Waals surface area contributed by atoms with Crippen LogP contribution < -0.4 is 5.32 Å². The Morgan fingerprint density at radius 2 is 2.07 bits per heavy atom. The fourth-order valence-electron chi connectivity index (χ4n) is 4.59. The third-order valence-corrected chi connectivity index (χ3v) is 6.34. The molecule has 1 aliphatic heterocycles. The zero-order valence-electron chi connectivity index (χ0n) is 16.5. The van der Waals surface area contributed by atoms with Crippen molar-refractivity contribution in [2.75, 3.05) is 6.54 Å². The summed E-state index contributed by atoms with van der Waals surface area (Å²) in [4.78, 5) is 28.3. The molecule has 6 nitrogen and oxygen atoms in total.